The highest BCUT2D eigenvalue weighted by molar-refractivity contribution is 6.30. The van der Waals surface area contributed by atoms with Gasteiger partial charge in [0.05, 0.1) is 0 Å². The van der Waals surface area contributed by atoms with E-state index in [0.29, 0.717) is 10.6 Å². The number of hydrogen-bond donors (Lipinski definition) is 0. The van der Waals surface area contributed by atoms with Crippen LogP contribution in [0, 0.1) is 6.92 Å². The van der Waals surface area contributed by atoms with Crippen LogP contribution in [0.5, 0.6) is 0 Å². The summed E-state index contributed by atoms with van der Waals surface area (Å²) in [7, 11) is 0. The molecule has 0 unspecified atom stereocenters. The van der Waals surface area contributed by atoms with Gasteiger partial charge in [0.25, 0.3) is 5.91 Å². The van der Waals surface area contributed by atoms with Gasteiger partial charge in [-0.3, -0.25) is 4.79 Å². The molecule has 2 aromatic carbocycles. The van der Waals surface area contributed by atoms with Crippen LogP contribution in [0.25, 0.3) is 0 Å². The lowest BCUT2D eigenvalue weighted by Crippen LogP contribution is -2.49. The molecule has 0 N–H and O–H groups in total. The first kappa shape index (κ1) is 16.8. The Labute approximate surface area is 148 Å². The molecule has 1 aliphatic heterocycles. The van der Waals surface area contributed by atoms with Crippen LogP contribution in [-0.2, 0) is 6.42 Å². The third-order valence-electron chi connectivity index (χ3n) is 4.68. The maximum absolute atomic E-state index is 12.6. The van der Waals surface area contributed by atoms with E-state index in [1.165, 1.54) is 16.8 Å². The van der Waals surface area contributed by atoms with Crippen molar-refractivity contribution in [1.82, 2.24) is 4.90 Å². The first-order valence-electron chi connectivity index (χ1n) is 8.48. The second-order valence-electron chi connectivity index (χ2n) is 6.22. The molecule has 24 heavy (non-hydrogen) atoms. The van der Waals surface area contributed by atoms with E-state index in [1.54, 1.807) is 24.3 Å². The van der Waals surface area contributed by atoms with Gasteiger partial charge in [-0.2, -0.15) is 0 Å². The molecule has 0 radical (unpaired) electrons. The number of carbonyl (C=O) groups is 1. The molecule has 0 bridgehead atoms. The molecule has 4 heteroatoms. The lowest BCUT2D eigenvalue weighted by Gasteiger charge is -2.37. The van der Waals surface area contributed by atoms with Crippen molar-refractivity contribution in [1.29, 1.82) is 0 Å². The van der Waals surface area contributed by atoms with E-state index in [2.05, 4.69) is 36.9 Å². The summed E-state index contributed by atoms with van der Waals surface area (Å²) >= 11 is 5.90. The number of aryl methyl sites for hydroxylation is 2. The van der Waals surface area contributed by atoms with Gasteiger partial charge in [0.1, 0.15) is 0 Å². The number of carbonyl (C=O) groups excluding carboxylic acids is 1. The zero-order valence-electron chi connectivity index (χ0n) is 14.3. The fourth-order valence-corrected chi connectivity index (χ4v) is 3.49. The Balaban J connectivity index is 1.70. The van der Waals surface area contributed by atoms with Crippen LogP contribution >= 0.6 is 11.6 Å². The van der Waals surface area contributed by atoms with Crippen molar-refractivity contribution in [3.05, 3.63) is 64.2 Å². The van der Waals surface area contributed by atoms with Crippen LogP contribution in [0.1, 0.15) is 28.4 Å². The monoisotopic (exact) mass is 342 g/mol. The number of nitrogens with zero attached hydrogens (tertiary/aromatic N) is 2. The number of anilines is 1. The number of halogens is 1. The normalized spacial score (nSPS) is 14.8. The molecule has 0 saturated carbocycles. The maximum Gasteiger partial charge on any atom is 0.253 e. The van der Waals surface area contributed by atoms with Crippen molar-refractivity contribution in [2.45, 2.75) is 20.3 Å². The predicted octanol–water partition coefficient (Wildman–Crippen LogP) is 4.17. The Bertz CT molecular complexity index is 719. The van der Waals surface area contributed by atoms with E-state index < -0.39 is 0 Å². The highest BCUT2D eigenvalue weighted by Gasteiger charge is 2.24. The van der Waals surface area contributed by atoms with Gasteiger partial charge in [-0.05, 0) is 48.7 Å². The topological polar surface area (TPSA) is 23.6 Å². The van der Waals surface area contributed by atoms with Gasteiger partial charge in [-0.15, -0.1) is 0 Å². The Morgan fingerprint density at radius 3 is 2.33 bits per heavy atom. The molecule has 3 nitrogen and oxygen atoms in total. The maximum atomic E-state index is 12.6. The average Bonchev–Trinajstić information content (AvgIpc) is 2.61. The standard InChI is InChI=1S/C20H23ClN2O/c1-3-16-6-4-5-15(2)19(16)22-11-13-23(14-12-22)20(24)17-7-9-18(21)10-8-17/h4-10H,3,11-14H2,1-2H3. The Morgan fingerprint density at radius 2 is 1.71 bits per heavy atom. The zero-order valence-corrected chi connectivity index (χ0v) is 15.0. The fraction of sp³-hybridized carbons (Fsp3) is 0.350. The molecule has 1 aliphatic rings. The largest absolute Gasteiger partial charge is 0.368 e. The molecule has 1 amide bonds. The van der Waals surface area contributed by atoms with Gasteiger partial charge in [-0.25, -0.2) is 0 Å². The second-order valence-corrected chi connectivity index (χ2v) is 6.66. The van der Waals surface area contributed by atoms with E-state index in [0.717, 1.165) is 32.6 Å². The summed E-state index contributed by atoms with van der Waals surface area (Å²) in [6, 6.07) is 13.6. The quantitative estimate of drug-likeness (QED) is 0.835. The highest BCUT2D eigenvalue weighted by Crippen LogP contribution is 2.27. The highest BCUT2D eigenvalue weighted by atomic mass is 35.5. The summed E-state index contributed by atoms with van der Waals surface area (Å²) in [5.74, 6) is 0.0896. The van der Waals surface area contributed by atoms with Gasteiger partial charge < -0.3 is 9.80 Å². The minimum Gasteiger partial charge on any atom is -0.368 e. The first-order chi connectivity index (χ1) is 11.6. The van der Waals surface area contributed by atoms with Gasteiger partial charge >= 0.3 is 0 Å². The first-order valence-corrected chi connectivity index (χ1v) is 8.86. The van der Waals surface area contributed by atoms with Crippen LogP contribution in [-0.4, -0.2) is 37.0 Å². The Morgan fingerprint density at radius 1 is 1.04 bits per heavy atom. The number of benzene rings is 2. The summed E-state index contributed by atoms with van der Waals surface area (Å²) in [6.45, 7) is 7.60. The molecular formula is C20H23ClN2O. The van der Waals surface area contributed by atoms with Crippen molar-refractivity contribution in [2.75, 3.05) is 31.1 Å². The Hall–Kier alpha value is -2.00. The smallest absolute Gasteiger partial charge is 0.253 e. The van der Waals surface area contributed by atoms with E-state index in [1.807, 2.05) is 4.90 Å². The summed E-state index contributed by atoms with van der Waals surface area (Å²) in [5.41, 5.74) is 4.75. The minimum atomic E-state index is 0.0896. The SMILES string of the molecule is CCc1cccc(C)c1N1CCN(C(=O)c2ccc(Cl)cc2)CC1. The van der Waals surface area contributed by atoms with Crippen LogP contribution in [0.15, 0.2) is 42.5 Å². The van der Waals surface area contributed by atoms with E-state index in [9.17, 15) is 4.79 Å². The van der Waals surface area contributed by atoms with Crippen LogP contribution in [0.2, 0.25) is 5.02 Å². The number of hydrogen-bond acceptors (Lipinski definition) is 2. The van der Waals surface area contributed by atoms with Gasteiger partial charge in [0, 0.05) is 42.5 Å². The van der Waals surface area contributed by atoms with Crippen LogP contribution in [0.4, 0.5) is 5.69 Å². The number of para-hydroxylation sites is 1. The van der Waals surface area contributed by atoms with Gasteiger partial charge in [0.15, 0.2) is 0 Å². The predicted molar refractivity (Wildman–Crippen MR) is 100 cm³/mol. The zero-order chi connectivity index (χ0) is 17.1. The van der Waals surface area contributed by atoms with Crippen molar-refractivity contribution >= 4 is 23.2 Å². The summed E-state index contributed by atoms with van der Waals surface area (Å²) in [4.78, 5) is 17.0. The number of piperazine rings is 1. The molecule has 1 heterocycles. The molecule has 3 rings (SSSR count). The average molecular weight is 343 g/mol. The van der Waals surface area contributed by atoms with Crippen LogP contribution in [0.3, 0.4) is 0 Å². The minimum absolute atomic E-state index is 0.0896. The third-order valence-corrected chi connectivity index (χ3v) is 4.93. The molecule has 0 atom stereocenters. The van der Waals surface area contributed by atoms with Gasteiger partial charge in [-0.1, -0.05) is 36.7 Å². The third kappa shape index (κ3) is 3.41. The molecule has 0 aromatic heterocycles. The van der Waals surface area contributed by atoms with Crippen molar-refractivity contribution in [3.63, 3.8) is 0 Å². The number of rotatable bonds is 3. The summed E-state index contributed by atoms with van der Waals surface area (Å²) < 4.78 is 0. The van der Waals surface area contributed by atoms with E-state index in [-0.39, 0.29) is 5.91 Å². The van der Waals surface area contributed by atoms with Gasteiger partial charge in [0.2, 0.25) is 0 Å². The molecule has 1 saturated heterocycles. The lowest BCUT2D eigenvalue weighted by atomic mass is 10.0. The molecule has 1 fully saturated rings. The molecule has 0 aliphatic carbocycles. The van der Waals surface area contributed by atoms with E-state index >= 15 is 0 Å². The van der Waals surface area contributed by atoms with Crippen molar-refractivity contribution in [2.24, 2.45) is 0 Å². The molecule has 126 valence electrons. The van der Waals surface area contributed by atoms with Crippen molar-refractivity contribution in [3.8, 4) is 0 Å². The lowest BCUT2D eigenvalue weighted by molar-refractivity contribution is 0.0747. The molecule has 2 aromatic rings. The second kappa shape index (κ2) is 7.27. The van der Waals surface area contributed by atoms with E-state index in [4.69, 9.17) is 11.6 Å². The Kier molecular flexibility index (Phi) is 5.10. The summed E-state index contributed by atoms with van der Waals surface area (Å²) in [6.07, 6.45) is 1.03. The fourth-order valence-electron chi connectivity index (χ4n) is 3.37. The molecule has 0 spiro atoms. The van der Waals surface area contributed by atoms with Crippen molar-refractivity contribution < 1.29 is 4.79 Å². The molecular weight excluding hydrogens is 320 g/mol. The number of amides is 1. The summed E-state index contributed by atoms with van der Waals surface area (Å²) in [5, 5.41) is 0.656. The van der Waals surface area contributed by atoms with Crippen LogP contribution < -0.4 is 4.90 Å².